The van der Waals surface area contributed by atoms with Crippen LogP contribution in [0.1, 0.15) is 22.3 Å². The average molecular weight is 495 g/mol. The number of carbonyl (C=O) groups is 3. The quantitative estimate of drug-likeness (QED) is 0.356. The third kappa shape index (κ3) is 4.83. The minimum Gasteiger partial charge on any atom is -0.487 e. The van der Waals surface area contributed by atoms with Gasteiger partial charge in [-0.05, 0) is 55.3 Å². The molecule has 172 valence electrons. The summed E-state index contributed by atoms with van der Waals surface area (Å²) in [5.41, 5.74) is 3.27. The first kappa shape index (κ1) is 23.5. The van der Waals surface area contributed by atoms with Gasteiger partial charge in [0.15, 0.2) is 0 Å². The Morgan fingerprint density at radius 1 is 0.941 bits per heavy atom. The van der Waals surface area contributed by atoms with Gasteiger partial charge in [0, 0.05) is 10.6 Å². The molecule has 4 amide bonds. The maximum Gasteiger partial charge on any atom is 0.335 e. The Bertz CT molecular complexity index is 1350. The monoisotopic (exact) mass is 494 g/mol. The van der Waals surface area contributed by atoms with E-state index in [2.05, 4.69) is 5.32 Å². The topological polar surface area (TPSA) is 75.7 Å². The van der Waals surface area contributed by atoms with Gasteiger partial charge in [-0.15, -0.1) is 0 Å². The van der Waals surface area contributed by atoms with E-state index in [1.54, 1.807) is 43.3 Å². The van der Waals surface area contributed by atoms with Crippen LogP contribution in [0.15, 0.2) is 66.2 Å². The van der Waals surface area contributed by atoms with Gasteiger partial charge >= 0.3 is 6.03 Å². The number of anilines is 1. The van der Waals surface area contributed by atoms with E-state index in [9.17, 15) is 14.4 Å². The lowest BCUT2D eigenvalue weighted by Crippen LogP contribution is -2.54. The van der Waals surface area contributed by atoms with Gasteiger partial charge in [-0.3, -0.25) is 14.9 Å². The summed E-state index contributed by atoms with van der Waals surface area (Å²) in [5, 5.41) is 3.12. The smallest absolute Gasteiger partial charge is 0.335 e. The lowest BCUT2D eigenvalue weighted by atomic mass is 10.0. The second kappa shape index (κ2) is 9.71. The highest BCUT2D eigenvalue weighted by Crippen LogP contribution is 2.30. The molecule has 0 unspecified atom stereocenters. The fraction of sp³-hybridized carbons (Fsp3) is 0.115. The third-order valence-corrected chi connectivity index (χ3v) is 5.97. The number of barbiturate groups is 1. The van der Waals surface area contributed by atoms with Crippen molar-refractivity contribution in [2.45, 2.75) is 20.5 Å². The molecule has 34 heavy (non-hydrogen) atoms. The van der Waals surface area contributed by atoms with E-state index in [4.69, 9.17) is 27.9 Å². The summed E-state index contributed by atoms with van der Waals surface area (Å²) in [5.74, 6) is -1.06. The number of amides is 4. The van der Waals surface area contributed by atoms with Crippen molar-refractivity contribution in [1.29, 1.82) is 0 Å². The zero-order valence-electron chi connectivity index (χ0n) is 18.4. The summed E-state index contributed by atoms with van der Waals surface area (Å²) in [6.45, 7) is 3.94. The number of halogens is 2. The minimum absolute atomic E-state index is 0.180. The number of aryl methyl sites for hydroxylation is 2. The van der Waals surface area contributed by atoms with E-state index in [0.29, 0.717) is 27.0 Å². The molecule has 1 aliphatic rings. The van der Waals surface area contributed by atoms with Crippen molar-refractivity contribution in [2.24, 2.45) is 0 Å². The van der Waals surface area contributed by atoms with Gasteiger partial charge in [-0.25, -0.2) is 9.69 Å². The van der Waals surface area contributed by atoms with Crippen molar-refractivity contribution < 1.29 is 19.1 Å². The van der Waals surface area contributed by atoms with E-state index in [1.165, 1.54) is 6.08 Å². The zero-order valence-corrected chi connectivity index (χ0v) is 19.9. The van der Waals surface area contributed by atoms with E-state index in [0.717, 1.165) is 21.6 Å². The Balaban J connectivity index is 1.59. The van der Waals surface area contributed by atoms with Crippen LogP contribution in [0.3, 0.4) is 0 Å². The first-order valence-corrected chi connectivity index (χ1v) is 11.1. The molecule has 0 bridgehead atoms. The lowest BCUT2D eigenvalue weighted by molar-refractivity contribution is -0.122. The fourth-order valence-corrected chi connectivity index (χ4v) is 4.03. The van der Waals surface area contributed by atoms with Crippen molar-refractivity contribution in [1.82, 2.24) is 5.32 Å². The molecule has 6 nitrogen and oxygen atoms in total. The molecule has 0 spiro atoms. The summed E-state index contributed by atoms with van der Waals surface area (Å²) >= 11 is 12.5. The third-order valence-electron chi connectivity index (χ3n) is 5.30. The van der Waals surface area contributed by atoms with Crippen molar-refractivity contribution in [3.63, 3.8) is 0 Å². The highest BCUT2D eigenvalue weighted by Gasteiger charge is 2.37. The van der Waals surface area contributed by atoms with Gasteiger partial charge in [0.2, 0.25) is 0 Å². The van der Waals surface area contributed by atoms with Crippen molar-refractivity contribution >= 4 is 52.8 Å². The van der Waals surface area contributed by atoms with Crippen molar-refractivity contribution in [3.8, 4) is 5.75 Å². The Kier molecular flexibility index (Phi) is 6.72. The Morgan fingerprint density at radius 2 is 1.71 bits per heavy atom. The first-order valence-electron chi connectivity index (χ1n) is 10.4. The van der Waals surface area contributed by atoms with E-state index >= 15 is 0 Å². The molecule has 0 atom stereocenters. The van der Waals surface area contributed by atoms with Gasteiger partial charge < -0.3 is 4.74 Å². The molecular formula is C26H20Cl2N2O4. The predicted octanol–water partition coefficient (Wildman–Crippen LogP) is 5.86. The van der Waals surface area contributed by atoms with Crippen LogP contribution in [0, 0.1) is 13.8 Å². The fourth-order valence-electron chi connectivity index (χ4n) is 3.59. The lowest BCUT2D eigenvalue weighted by Gasteiger charge is -2.27. The van der Waals surface area contributed by atoms with Crippen LogP contribution >= 0.6 is 23.2 Å². The molecule has 0 saturated carbocycles. The minimum atomic E-state index is -0.791. The van der Waals surface area contributed by atoms with Crippen molar-refractivity contribution in [3.05, 3.63) is 98.5 Å². The van der Waals surface area contributed by atoms with Gasteiger partial charge in [0.05, 0.1) is 10.7 Å². The maximum absolute atomic E-state index is 13.1. The highest BCUT2D eigenvalue weighted by molar-refractivity contribution is 6.39. The summed E-state index contributed by atoms with van der Waals surface area (Å²) in [6, 6.07) is 16.7. The standard InChI is InChI=1S/C26H20Cl2N2O4/c1-15-7-9-22(16(2)11-15)30-25(32)19(24(31)29-26(30)33)12-17-8-10-23(21(28)13-17)34-14-18-5-3-4-6-20(18)27/h3-13H,14H2,1-2H3,(H,29,31,33)/b19-12+. The summed E-state index contributed by atoms with van der Waals surface area (Å²) in [7, 11) is 0. The van der Waals surface area contributed by atoms with E-state index in [1.807, 2.05) is 31.2 Å². The van der Waals surface area contributed by atoms with Crippen LogP contribution in [0.5, 0.6) is 5.75 Å². The van der Waals surface area contributed by atoms with Crippen LogP contribution in [0.4, 0.5) is 10.5 Å². The predicted molar refractivity (Wildman–Crippen MR) is 132 cm³/mol. The Morgan fingerprint density at radius 3 is 2.41 bits per heavy atom. The number of urea groups is 1. The number of imide groups is 2. The number of ether oxygens (including phenoxy) is 1. The maximum atomic E-state index is 13.1. The molecule has 3 aromatic rings. The van der Waals surface area contributed by atoms with Crippen LogP contribution in [0.2, 0.25) is 10.0 Å². The summed E-state index contributed by atoms with van der Waals surface area (Å²) < 4.78 is 5.77. The van der Waals surface area contributed by atoms with E-state index in [-0.39, 0.29) is 12.2 Å². The molecule has 1 aliphatic heterocycles. The summed E-state index contributed by atoms with van der Waals surface area (Å²) in [4.78, 5) is 39.0. The second-order valence-corrected chi connectivity index (χ2v) is 8.63. The average Bonchev–Trinajstić information content (AvgIpc) is 2.78. The largest absolute Gasteiger partial charge is 0.487 e. The Labute approximate surface area is 206 Å². The van der Waals surface area contributed by atoms with Crippen LogP contribution in [-0.4, -0.2) is 17.8 Å². The molecule has 1 saturated heterocycles. The normalized spacial score (nSPS) is 15.0. The van der Waals surface area contributed by atoms with Crippen LogP contribution in [0.25, 0.3) is 6.08 Å². The molecular weight excluding hydrogens is 475 g/mol. The molecule has 1 heterocycles. The molecule has 0 aliphatic carbocycles. The number of nitrogens with zero attached hydrogens (tertiary/aromatic N) is 1. The molecule has 4 rings (SSSR count). The van der Waals surface area contributed by atoms with Crippen LogP contribution in [-0.2, 0) is 16.2 Å². The highest BCUT2D eigenvalue weighted by atomic mass is 35.5. The second-order valence-electron chi connectivity index (χ2n) is 7.82. The molecule has 0 aromatic heterocycles. The SMILES string of the molecule is Cc1ccc(N2C(=O)NC(=O)/C(=C\c3ccc(OCc4ccccc4Cl)c(Cl)c3)C2=O)c(C)c1. The number of nitrogens with one attached hydrogen (secondary N) is 1. The van der Waals surface area contributed by atoms with Crippen molar-refractivity contribution in [2.75, 3.05) is 4.90 Å². The van der Waals surface area contributed by atoms with Gasteiger partial charge in [0.1, 0.15) is 17.9 Å². The Hall–Kier alpha value is -3.61. The number of hydrogen-bond donors (Lipinski definition) is 1. The van der Waals surface area contributed by atoms with Gasteiger partial charge in [-0.1, -0.05) is 65.2 Å². The molecule has 3 aromatic carbocycles. The first-order chi connectivity index (χ1) is 16.2. The van der Waals surface area contributed by atoms with Gasteiger partial charge in [-0.2, -0.15) is 0 Å². The number of benzene rings is 3. The number of rotatable bonds is 5. The molecule has 8 heteroatoms. The molecule has 1 fully saturated rings. The molecule has 0 radical (unpaired) electrons. The number of carbonyl (C=O) groups excluding carboxylic acids is 3. The van der Waals surface area contributed by atoms with Crippen LogP contribution < -0.4 is 15.0 Å². The molecule has 1 N–H and O–H groups in total. The number of hydrogen-bond acceptors (Lipinski definition) is 4. The van der Waals surface area contributed by atoms with Gasteiger partial charge in [0.25, 0.3) is 11.8 Å². The zero-order chi connectivity index (χ0) is 24.4. The summed E-state index contributed by atoms with van der Waals surface area (Å²) in [6.07, 6.45) is 1.39. The van der Waals surface area contributed by atoms with E-state index < -0.39 is 17.8 Å².